The van der Waals surface area contributed by atoms with Crippen LogP contribution in [0.2, 0.25) is 0 Å². The zero-order chi connectivity index (χ0) is 28.1. The predicted molar refractivity (Wildman–Crippen MR) is 174 cm³/mol. The van der Waals surface area contributed by atoms with E-state index in [1.165, 1.54) is 168 Å². The molecule has 0 bridgehead atoms. The molecular formula is C34H74N4. The quantitative estimate of drug-likeness (QED) is 0.0868. The molecule has 0 amide bonds. The lowest BCUT2D eigenvalue weighted by atomic mass is 10.0. The van der Waals surface area contributed by atoms with Crippen LogP contribution < -0.4 is 10.6 Å². The summed E-state index contributed by atoms with van der Waals surface area (Å²) >= 11 is 0. The van der Waals surface area contributed by atoms with Crippen LogP contribution in [0, 0.1) is 11.8 Å². The van der Waals surface area contributed by atoms with Crippen LogP contribution in [0.4, 0.5) is 0 Å². The minimum atomic E-state index is 0.835. The Hall–Kier alpha value is -0.160. The van der Waals surface area contributed by atoms with Gasteiger partial charge in [0.05, 0.1) is 0 Å². The molecule has 0 fully saturated rings. The van der Waals surface area contributed by atoms with Gasteiger partial charge in [-0.3, -0.25) is 0 Å². The maximum atomic E-state index is 3.78. The molecule has 0 saturated heterocycles. The number of nitrogens with one attached hydrogen (secondary N) is 2. The van der Waals surface area contributed by atoms with Gasteiger partial charge in [0.1, 0.15) is 0 Å². The first-order valence-corrected chi connectivity index (χ1v) is 17.5. The fourth-order valence-corrected chi connectivity index (χ4v) is 5.29. The molecule has 4 nitrogen and oxygen atoms in total. The molecule has 2 N–H and O–H groups in total. The standard InChI is InChI=1S/C34H74N4/c1-7-13-25-37(26-14-8-2)29-21-33(11-5)31-35-23-19-17-18-20-24-36-32-34(12-6)22-30-38(27-15-9-3)28-16-10-4/h33-36H,7-32H2,1-6H3. The fraction of sp³-hybridized carbons (Fsp3) is 1.00. The van der Waals surface area contributed by atoms with E-state index in [4.69, 9.17) is 0 Å². The van der Waals surface area contributed by atoms with Crippen LogP contribution in [0.5, 0.6) is 0 Å². The van der Waals surface area contributed by atoms with Gasteiger partial charge in [0, 0.05) is 0 Å². The SMILES string of the molecule is CCCCN(CCCC)CCC(CC)CNCCCCCCNCC(CC)CCN(CCCC)CCCC. The molecule has 230 valence electrons. The summed E-state index contributed by atoms with van der Waals surface area (Å²) in [6, 6.07) is 0. The molecule has 0 saturated carbocycles. The lowest BCUT2D eigenvalue weighted by molar-refractivity contribution is 0.240. The van der Waals surface area contributed by atoms with Crippen molar-refractivity contribution in [1.82, 2.24) is 20.4 Å². The number of hydrogen-bond donors (Lipinski definition) is 2. The minimum Gasteiger partial charge on any atom is -0.316 e. The molecule has 0 aliphatic rings. The Morgan fingerprint density at radius 2 is 0.763 bits per heavy atom. The lowest BCUT2D eigenvalue weighted by Crippen LogP contribution is -2.31. The van der Waals surface area contributed by atoms with Gasteiger partial charge in [-0.1, -0.05) is 92.9 Å². The summed E-state index contributed by atoms with van der Waals surface area (Å²) in [6.45, 7) is 26.6. The first-order valence-electron chi connectivity index (χ1n) is 17.5. The Labute approximate surface area is 241 Å². The predicted octanol–water partition coefficient (Wildman–Crippen LogP) is 8.36. The number of rotatable bonds is 31. The van der Waals surface area contributed by atoms with Crippen molar-refractivity contribution in [3.05, 3.63) is 0 Å². The average Bonchev–Trinajstić information content (AvgIpc) is 2.94. The molecule has 0 aliphatic carbocycles. The summed E-state index contributed by atoms with van der Waals surface area (Å²) in [7, 11) is 0. The normalized spacial score (nSPS) is 13.6. The zero-order valence-corrected chi connectivity index (χ0v) is 27.4. The van der Waals surface area contributed by atoms with E-state index in [0.717, 1.165) is 11.8 Å². The molecule has 0 aromatic carbocycles. The number of hydrogen-bond acceptors (Lipinski definition) is 4. The van der Waals surface area contributed by atoms with Crippen molar-refractivity contribution >= 4 is 0 Å². The van der Waals surface area contributed by atoms with Crippen LogP contribution in [0.15, 0.2) is 0 Å². The zero-order valence-electron chi connectivity index (χ0n) is 27.4. The van der Waals surface area contributed by atoms with Gasteiger partial charge in [0.15, 0.2) is 0 Å². The first kappa shape index (κ1) is 37.8. The Kier molecular flexibility index (Phi) is 29.7. The summed E-state index contributed by atoms with van der Waals surface area (Å²) in [5.41, 5.74) is 0. The molecule has 0 aromatic rings. The molecule has 0 radical (unpaired) electrons. The summed E-state index contributed by atoms with van der Waals surface area (Å²) in [6.07, 6.45) is 21.4. The van der Waals surface area contributed by atoms with E-state index in [0.29, 0.717) is 0 Å². The molecule has 2 unspecified atom stereocenters. The highest BCUT2D eigenvalue weighted by atomic mass is 15.1. The highest BCUT2D eigenvalue weighted by molar-refractivity contribution is 4.68. The Bertz CT molecular complexity index is 388. The monoisotopic (exact) mass is 539 g/mol. The number of nitrogens with zero attached hydrogens (tertiary/aromatic N) is 2. The fourth-order valence-electron chi connectivity index (χ4n) is 5.29. The number of unbranched alkanes of at least 4 members (excludes halogenated alkanes) is 7. The highest BCUT2D eigenvalue weighted by Crippen LogP contribution is 2.12. The van der Waals surface area contributed by atoms with Gasteiger partial charge in [-0.15, -0.1) is 0 Å². The van der Waals surface area contributed by atoms with Crippen molar-refractivity contribution in [2.24, 2.45) is 11.8 Å². The summed E-state index contributed by atoms with van der Waals surface area (Å²) < 4.78 is 0. The average molecular weight is 539 g/mol. The van der Waals surface area contributed by atoms with Crippen molar-refractivity contribution in [3.8, 4) is 0 Å². The molecule has 4 heteroatoms. The highest BCUT2D eigenvalue weighted by Gasteiger charge is 2.11. The van der Waals surface area contributed by atoms with Gasteiger partial charge in [-0.25, -0.2) is 0 Å². The molecule has 0 rings (SSSR count). The van der Waals surface area contributed by atoms with Crippen molar-refractivity contribution in [2.45, 2.75) is 144 Å². The van der Waals surface area contributed by atoms with Crippen LogP contribution in [0.25, 0.3) is 0 Å². The van der Waals surface area contributed by atoms with Crippen LogP contribution in [0.1, 0.15) is 144 Å². The van der Waals surface area contributed by atoms with Crippen molar-refractivity contribution in [3.63, 3.8) is 0 Å². The minimum absolute atomic E-state index is 0.835. The van der Waals surface area contributed by atoms with E-state index >= 15 is 0 Å². The molecule has 0 spiro atoms. The van der Waals surface area contributed by atoms with Crippen LogP contribution in [-0.2, 0) is 0 Å². The van der Waals surface area contributed by atoms with E-state index in [9.17, 15) is 0 Å². The van der Waals surface area contributed by atoms with Gasteiger partial charge < -0.3 is 20.4 Å². The van der Waals surface area contributed by atoms with Crippen LogP contribution in [-0.4, -0.2) is 75.2 Å². The van der Waals surface area contributed by atoms with E-state index in [1.807, 2.05) is 0 Å². The van der Waals surface area contributed by atoms with Crippen molar-refractivity contribution in [2.75, 3.05) is 65.4 Å². The first-order chi connectivity index (χ1) is 18.6. The van der Waals surface area contributed by atoms with Crippen molar-refractivity contribution < 1.29 is 0 Å². The maximum absolute atomic E-state index is 3.78. The van der Waals surface area contributed by atoms with Gasteiger partial charge in [0.25, 0.3) is 0 Å². The smallest absolute Gasteiger partial charge is 0.00156 e. The van der Waals surface area contributed by atoms with E-state index in [2.05, 4.69) is 62.0 Å². The van der Waals surface area contributed by atoms with E-state index < -0.39 is 0 Å². The third-order valence-electron chi connectivity index (χ3n) is 8.50. The van der Waals surface area contributed by atoms with E-state index in [-0.39, 0.29) is 0 Å². The Morgan fingerprint density at radius 3 is 1.05 bits per heavy atom. The van der Waals surface area contributed by atoms with Crippen molar-refractivity contribution in [1.29, 1.82) is 0 Å². The molecule has 2 atom stereocenters. The second-order valence-corrected chi connectivity index (χ2v) is 12.0. The second-order valence-electron chi connectivity index (χ2n) is 12.0. The molecule has 0 aromatic heterocycles. The lowest BCUT2D eigenvalue weighted by Gasteiger charge is -2.25. The second kappa shape index (κ2) is 29.8. The van der Waals surface area contributed by atoms with Gasteiger partial charge in [-0.2, -0.15) is 0 Å². The van der Waals surface area contributed by atoms with Crippen LogP contribution >= 0.6 is 0 Å². The Morgan fingerprint density at radius 1 is 0.421 bits per heavy atom. The summed E-state index contributed by atoms with van der Waals surface area (Å²) in [5.74, 6) is 1.67. The summed E-state index contributed by atoms with van der Waals surface area (Å²) in [4.78, 5) is 5.45. The molecular weight excluding hydrogens is 464 g/mol. The third kappa shape index (κ3) is 23.7. The van der Waals surface area contributed by atoms with Crippen LogP contribution in [0.3, 0.4) is 0 Å². The molecule has 0 aliphatic heterocycles. The maximum Gasteiger partial charge on any atom is -0.00156 e. The van der Waals surface area contributed by atoms with Gasteiger partial charge in [0.2, 0.25) is 0 Å². The van der Waals surface area contributed by atoms with Gasteiger partial charge in [-0.05, 0) is 129 Å². The molecule has 0 heterocycles. The summed E-state index contributed by atoms with van der Waals surface area (Å²) in [5, 5.41) is 7.56. The van der Waals surface area contributed by atoms with Gasteiger partial charge >= 0.3 is 0 Å². The largest absolute Gasteiger partial charge is 0.316 e. The molecule has 38 heavy (non-hydrogen) atoms. The Balaban J connectivity index is 3.84. The van der Waals surface area contributed by atoms with E-state index in [1.54, 1.807) is 0 Å². The topological polar surface area (TPSA) is 30.5 Å². The third-order valence-corrected chi connectivity index (χ3v) is 8.50.